The fourth-order valence-electron chi connectivity index (χ4n) is 1.49. The zero-order valence-electron chi connectivity index (χ0n) is 7.20. The molecule has 0 aliphatic heterocycles. The van der Waals surface area contributed by atoms with Gasteiger partial charge in [0.2, 0.25) is 0 Å². The monoisotopic (exact) mass is 175 g/mol. The van der Waals surface area contributed by atoms with E-state index in [1.54, 1.807) is 16.7 Å². The van der Waals surface area contributed by atoms with E-state index in [9.17, 15) is 4.39 Å². The number of allylic oxidation sites excluding steroid dienone is 1. The number of aromatic nitrogens is 1. The molecule has 1 aromatic heterocycles. The van der Waals surface area contributed by atoms with E-state index in [0.29, 0.717) is 6.54 Å². The highest BCUT2D eigenvalue weighted by Gasteiger charge is 2.04. The van der Waals surface area contributed by atoms with Gasteiger partial charge in [-0.25, -0.2) is 0 Å². The van der Waals surface area contributed by atoms with Crippen LogP contribution < -0.4 is 0 Å². The van der Waals surface area contributed by atoms with E-state index in [2.05, 4.69) is 6.58 Å². The summed E-state index contributed by atoms with van der Waals surface area (Å²) in [5.41, 5.74) is 0.917. The fraction of sp³-hybridized carbons (Fsp3) is 0.0909. The molecule has 1 heterocycles. The summed E-state index contributed by atoms with van der Waals surface area (Å²) in [4.78, 5) is 0. The predicted octanol–water partition coefficient (Wildman–Crippen LogP) is 2.97. The van der Waals surface area contributed by atoms with Gasteiger partial charge in [-0.2, -0.15) is 4.39 Å². The molecule has 0 bridgehead atoms. The van der Waals surface area contributed by atoms with Crippen molar-refractivity contribution in [1.82, 2.24) is 4.57 Å². The van der Waals surface area contributed by atoms with Crippen LogP contribution in [0, 0.1) is 5.95 Å². The maximum absolute atomic E-state index is 13.3. The molecule has 66 valence electrons. The number of hydrogen-bond acceptors (Lipinski definition) is 0. The minimum Gasteiger partial charge on any atom is -0.314 e. The summed E-state index contributed by atoms with van der Waals surface area (Å²) in [6.45, 7) is 4.11. The van der Waals surface area contributed by atoms with Crippen molar-refractivity contribution < 1.29 is 4.39 Å². The highest BCUT2D eigenvalue weighted by Crippen LogP contribution is 2.18. The smallest absolute Gasteiger partial charge is 0.195 e. The van der Waals surface area contributed by atoms with Crippen LogP contribution >= 0.6 is 0 Å². The lowest BCUT2D eigenvalue weighted by atomic mass is 10.2. The Balaban J connectivity index is 2.70. The van der Waals surface area contributed by atoms with Gasteiger partial charge in [-0.05, 0) is 6.07 Å². The number of hydrogen-bond donors (Lipinski definition) is 0. The van der Waals surface area contributed by atoms with Gasteiger partial charge in [-0.3, -0.25) is 0 Å². The molecule has 2 heteroatoms. The van der Waals surface area contributed by atoms with Crippen LogP contribution in [0.5, 0.6) is 0 Å². The van der Waals surface area contributed by atoms with E-state index in [1.807, 2.05) is 24.3 Å². The van der Waals surface area contributed by atoms with Crippen LogP contribution in [0.2, 0.25) is 0 Å². The van der Waals surface area contributed by atoms with Crippen molar-refractivity contribution >= 4 is 10.9 Å². The zero-order chi connectivity index (χ0) is 9.26. The van der Waals surface area contributed by atoms with Gasteiger partial charge in [0.15, 0.2) is 5.95 Å². The summed E-state index contributed by atoms with van der Waals surface area (Å²) in [5, 5.41) is 0.932. The number of nitrogens with zero attached hydrogens (tertiary/aromatic N) is 1. The average Bonchev–Trinajstić information content (AvgIpc) is 2.44. The van der Waals surface area contributed by atoms with Gasteiger partial charge < -0.3 is 4.57 Å². The minimum atomic E-state index is -0.207. The number of fused-ring (bicyclic) bond motifs is 1. The molecule has 0 aliphatic carbocycles. The number of halogens is 1. The Morgan fingerprint density at radius 2 is 2.15 bits per heavy atom. The zero-order valence-corrected chi connectivity index (χ0v) is 7.20. The lowest BCUT2D eigenvalue weighted by Gasteiger charge is -2.00. The number of benzene rings is 1. The highest BCUT2D eigenvalue weighted by atomic mass is 19.1. The molecule has 0 aliphatic rings. The third-order valence-corrected chi connectivity index (χ3v) is 2.07. The molecule has 1 nitrogen and oxygen atoms in total. The first-order valence-corrected chi connectivity index (χ1v) is 4.17. The molecule has 0 radical (unpaired) electrons. The Morgan fingerprint density at radius 1 is 1.38 bits per heavy atom. The lowest BCUT2D eigenvalue weighted by molar-refractivity contribution is 0.528. The van der Waals surface area contributed by atoms with E-state index >= 15 is 0 Å². The fourth-order valence-corrected chi connectivity index (χ4v) is 1.49. The summed E-state index contributed by atoms with van der Waals surface area (Å²) >= 11 is 0. The normalized spacial score (nSPS) is 10.5. The standard InChI is InChI=1S/C11H10FN/c1-2-7-13-10-6-4-3-5-9(10)8-11(13)12/h2-6,8H,1,7H2. The van der Waals surface area contributed by atoms with Crippen molar-refractivity contribution in [2.24, 2.45) is 0 Å². The Labute approximate surface area is 76.1 Å². The molecule has 0 N–H and O–H groups in total. The van der Waals surface area contributed by atoms with Crippen molar-refractivity contribution in [3.05, 3.63) is 48.9 Å². The van der Waals surface area contributed by atoms with E-state index < -0.39 is 0 Å². The summed E-state index contributed by atoms with van der Waals surface area (Å²) in [6, 6.07) is 9.15. The summed E-state index contributed by atoms with van der Waals surface area (Å²) in [6.07, 6.45) is 1.69. The molecule has 2 rings (SSSR count). The molecule has 0 atom stereocenters. The maximum atomic E-state index is 13.3. The molecule has 0 spiro atoms. The minimum absolute atomic E-state index is 0.207. The van der Waals surface area contributed by atoms with Crippen molar-refractivity contribution in [1.29, 1.82) is 0 Å². The van der Waals surface area contributed by atoms with E-state index in [0.717, 1.165) is 10.9 Å². The number of para-hydroxylation sites is 1. The first kappa shape index (κ1) is 8.05. The topological polar surface area (TPSA) is 4.93 Å². The second-order valence-corrected chi connectivity index (χ2v) is 2.93. The van der Waals surface area contributed by atoms with Gasteiger partial charge in [0.1, 0.15) is 0 Å². The quantitative estimate of drug-likeness (QED) is 0.618. The van der Waals surface area contributed by atoms with E-state index in [1.165, 1.54) is 0 Å². The van der Waals surface area contributed by atoms with Gasteiger partial charge in [-0.1, -0.05) is 24.3 Å². The number of rotatable bonds is 2. The van der Waals surface area contributed by atoms with Crippen LogP contribution in [0.15, 0.2) is 43.0 Å². The molecule has 13 heavy (non-hydrogen) atoms. The van der Waals surface area contributed by atoms with Crippen LogP contribution in [0.25, 0.3) is 10.9 Å². The van der Waals surface area contributed by atoms with Crippen LogP contribution in [0.1, 0.15) is 0 Å². The Morgan fingerprint density at radius 3 is 2.92 bits per heavy atom. The first-order valence-electron chi connectivity index (χ1n) is 4.17. The Bertz CT molecular complexity index is 442. The second-order valence-electron chi connectivity index (χ2n) is 2.93. The molecule has 0 amide bonds. The summed E-state index contributed by atoms with van der Waals surface area (Å²) in [5.74, 6) is -0.207. The molecule has 0 saturated heterocycles. The summed E-state index contributed by atoms with van der Waals surface area (Å²) < 4.78 is 14.9. The van der Waals surface area contributed by atoms with E-state index in [4.69, 9.17) is 0 Å². The van der Waals surface area contributed by atoms with Gasteiger partial charge >= 0.3 is 0 Å². The van der Waals surface area contributed by atoms with Crippen LogP contribution in [0.3, 0.4) is 0 Å². The van der Waals surface area contributed by atoms with Crippen molar-refractivity contribution in [2.75, 3.05) is 0 Å². The third-order valence-electron chi connectivity index (χ3n) is 2.07. The van der Waals surface area contributed by atoms with Gasteiger partial charge in [0.25, 0.3) is 0 Å². The SMILES string of the molecule is C=CCn1c(F)cc2ccccc21. The van der Waals surface area contributed by atoms with Crippen LogP contribution in [0.4, 0.5) is 4.39 Å². The molecular weight excluding hydrogens is 165 g/mol. The highest BCUT2D eigenvalue weighted by molar-refractivity contribution is 5.80. The van der Waals surface area contributed by atoms with Crippen molar-refractivity contribution in [2.45, 2.75) is 6.54 Å². The molecule has 0 saturated carbocycles. The predicted molar refractivity (Wildman–Crippen MR) is 52.1 cm³/mol. The first-order chi connectivity index (χ1) is 6.33. The van der Waals surface area contributed by atoms with Gasteiger partial charge in [-0.15, -0.1) is 6.58 Å². The van der Waals surface area contributed by atoms with Gasteiger partial charge in [0.05, 0.1) is 5.52 Å². The van der Waals surface area contributed by atoms with Gasteiger partial charge in [0, 0.05) is 18.0 Å². The molecular formula is C11H10FN. The van der Waals surface area contributed by atoms with Crippen LogP contribution in [-0.4, -0.2) is 4.57 Å². The second kappa shape index (κ2) is 3.05. The lowest BCUT2D eigenvalue weighted by Crippen LogP contribution is -1.96. The Kier molecular flexibility index (Phi) is 1.89. The largest absolute Gasteiger partial charge is 0.314 e. The van der Waals surface area contributed by atoms with Crippen molar-refractivity contribution in [3.8, 4) is 0 Å². The Hall–Kier alpha value is -1.57. The van der Waals surface area contributed by atoms with Crippen molar-refractivity contribution in [3.63, 3.8) is 0 Å². The molecule has 1 aromatic carbocycles. The summed E-state index contributed by atoms with van der Waals surface area (Å²) in [7, 11) is 0. The molecule has 0 fully saturated rings. The molecule has 2 aromatic rings. The maximum Gasteiger partial charge on any atom is 0.195 e. The molecule has 0 unspecified atom stereocenters. The van der Waals surface area contributed by atoms with Crippen LogP contribution in [-0.2, 0) is 6.54 Å². The third kappa shape index (κ3) is 1.24. The average molecular weight is 175 g/mol. The van der Waals surface area contributed by atoms with E-state index in [-0.39, 0.29) is 5.95 Å².